The van der Waals surface area contributed by atoms with Crippen LogP contribution in [0.25, 0.3) is 0 Å². The van der Waals surface area contributed by atoms with Crippen molar-refractivity contribution >= 4 is 17.2 Å². The van der Waals surface area contributed by atoms with E-state index in [0.717, 1.165) is 30.2 Å². The summed E-state index contributed by atoms with van der Waals surface area (Å²) in [4.78, 5) is 26.9. The second-order valence-electron chi connectivity index (χ2n) is 6.96. The Morgan fingerprint density at radius 2 is 1.79 bits per heavy atom. The highest BCUT2D eigenvalue weighted by molar-refractivity contribution is 5.95. The quantitative estimate of drug-likeness (QED) is 0.402. The predicted molar refractivity (Wildman–Crippen MR) is 110 cm³/mol. The molecule has 8 nitrogen and oxygen atoms in total. The van der Waals surface area contributed by atoms with Crippen molar-refractivity contribution < 1.29 is 19.2 Å². The molecular formula is C21H25N3O5. The fourth-order valence-corrected chi connectivity index (χ4v) is 3.55. The Hall–Kier alpha value is -3.13. The summed E-state index contributed by atoms with van der Waals surface area (Å²) in [5, 5.41) is 11.5. The third-order valence-electron chi connectivity index (χ3n) is 5.17. The SMILES string of the molecule is COc1ccc(OC)c(CN2CCN(c3ccc(C(C)=O)cc3[N+](=O)[O-])CC2)c1. The summed E-state index contributed by atoms with van der Waals surface area (Å²) < 4.78 is 10.8. The second kappa shape index (κ2) is 8.91. The number of anilines is 1. The van der Waals surface area contributed by atoms with Crippen LogP contribution in [0, 0.1) is 10.1 Å². The molecule has 2 aromatic rings. The monoisotopic (exact) mass is 399 g/mol. The zero-order valence-corrected chi connectivity index (χ0v) is 16.9. The molecule has 0 radical (unpaired) electrons. The number of hydrogen-bond acceptors (Lipinski definition) is 7. The summed E-state index contributed by atoms with van der Waals surface area (Å²) in [6.07, 6.45) is 0. The lowest BCUT2D eigenvalue weighted by atomic mass is 10.1. The van der Waals surface area contributed by atoms with Gasteiger partial charge in [0.15, 0.2) is 5.78 Å². The zero-order chi connectivity index (χ0) is 21.0. The molecule has 0 aromatic heterocycles. The Morgan fingerprint density at radius 3 is 2.38 bits per heavy atom. The van der Waals surface area contributed by atoms with Crippen molar-refractivity contribution in [2.75, 3.05) is 45.3 Å². The number of hydrogen-bond donors (Lipinski definition) is 0. The summed E-state index contributed by atoms with van der Waals surface area (Å²) in [5.41, 5.74) is 1.92. The Labute approximate surface area is 169 Å². The number of carbonyl (C=O) groups is 1. The van der Waals surface area contributed by atoms with Gasteiger partial charge < -0.3 is 14.4 Å². The normalized spacial score (nSPS) is 14.5. The molecule has 0 atom stereocenters. The molecular weight excluding hydrogens is 374 g/mol. The number of nitrogens with zero attached hydrogens (tertiary/aromatic N) is 3. The largest absolute Gasteiger partial charge is 0.497 e. The number of Topliss-reactive ketones (excluding diaryl/α,β-unsaturated/α-hetero) is 1. The maximum absolute atomic E-state index is 11.6. The molecule has 0 aliphatic carbocycles. The number of ketones is 1. The lowest BCUT2D eigenvalue weighted by Crippen LogP contribution is -2.46. The first-order valence-electron chi connectivity index (χ1n) is 9.40. The van der Waals surface area contributed by atoms with Crippen LogP contribution in [0.4, 0.5) is 11.4 Å². The van der Waals surface area contributed by atoms with E-state index in [4.69, 9.17) is 9.47 Å². The van der Waals surface area contributed by atoms with E-state index < -0.39 is 4.92 Å². The molecule has 0 saturated carbocycles. The van der Waals surface area contributed by atoms with Gasteiger partial charge in [-0.3, -0.25) is 19.8 Å². The summed E-state index contributed by atoms with van der Waals surface area (Å²) in [6, 6.07) is 10.4. The molecule has 0 amide bonds. The fraction of sp³-hybridized carbons (Fsp3) is 0.381. The number of carbonyl (C=O) groups excluding carboxylic acids is 1. The van der Waals surface area contributed by atoms with Gasteiger partial charge in [0.2, 0.25) is 0 Å². The standard InChI is InChI=1S/C21H25N3O5/c1-15(25)16-4-6-19(20(13-16)24(26)27)23-10-8-22(9-11-23)14-17-12-18(28-2)5-7-21(17)29-3/h4-7,12-13H,8-11,14H2,1-3H3. The van der Waals surface area contributed by atoms with E-state index in [2.05, 4.69) is 4.90 Å². The van der Waals surface area contributed by atoms with E-state index in [0.29, 0.717) is 30.9 Å². The number of nitro groups is 1. The van der Waals surface area contributed by atoms with Crippen molar-refractivity contribution in [3.05, 3.63) is 57.6 Å². The topological polar surface area (TPSA) is 85.2 Å². The van der Waals surface area contributed by atoms with Gasteiger partial charge in [-0.05, 0) is 37.3 Å². The molecule has 0 bridgehead atoms. The molecule has 1 aliphatic rings. The first-order chi connectivity index (χ1) is 13.9. The third-order valence-corrected chi connectivity index (χ3v) is 5.17. The van der Waals surface area contributed by atoms with E-state index in [1.54, 1.807) is 26.4 Å². The van der Waals surface area contributed by atoms with Crippen LogP contribution < -0.4 is 14.4 Å². The molecule has 1 fully saturated rings. The van der Waals surface area contributed by atoms with E-state index >= 15 is 0 Å². The van der Waals surface area contributed by atoms with Gasteiger partial charge in [-0.15, -0.1) is 0 Å². The second-order valence-corrected chi connectivity index (χ2v) is 6.96. The van der Waals surface area contributed by atoms with Gasteiger partial charge in [0.05, 0.1) is 19.1 Å². The molecule has 0 N–H and O–H groups in total. The third kappa shape index (κ3) is 4.65. The van der Waals surface area contributed by atoms with Crippen molar-refractivity contribution in [2.45, 2.75) is 13.5 Å². The molecule has 1 heterocycles. The maximum Gasteiger partial charge on any atom is 0.293 e. The zero-order valence-electron chi connectivity index (χ0n) is 16.9. The predicted octanol–water partition coefficient (Wildman–Crippen LogP) is 3.14. The van der Waals surface area contributed by atoms with E-state index in [1.807, 2.05) is 23.1 Å². The van der Waals surface area contributed by atoms with Crippen molar-refractivity contribution in [1.82, 2.24) is 4.90 Å². The molecule has 0 spiro atoms. The molecule has 1 saturated heterocycles. The minimum atomic E-state index is -0.421. The van der Waals surface area contributed by atoms with Crippen LogP contribution in [-0.2, 0) is 6.54 Å². The highest BCUT2D eigenvalue weighted by Crippen LogP contribution is 2.31. The van der Waals surface area contributed by atoms with Gasteiger partial charge in [0, 0.05) is 49.9 Å². The first kappa shape index (κ1) is 20.6. The van der Waals surface area contributed by atoms with E-state index in [-0.39, 0.29) is 11.5 Å². The molecule has 3 rings (SSSR count). The van der Waals surface area contributed by atoms with Crippen LogP contribution in [0.1, 0.15) is 22.8 Å². The van der Waals surface area contributed by atoms with Crippen molar-refractivity contribution in [1.29, 1.82) is 0 Å². The van der Waals surface area contributed by atoms with Crippen molar-refractivity contribution in [3.8, 4) is 11.5 Å². The van der Waals surface area contributed by atoms with Gasteiger partial charge in [-0.2, -0.15) is 0 Å². The van der Waals surface area contributed by atoms with Crippen molar-refractivity contribution in [2.24, 2.45) is 0 Å². The smallest absolute Gasteiger partial charge is 0.293 e. The number of nitro benzene ring substituents is 1. The lowest BCUT2D eigenvalue weighted by Gasteiger charge is -2.36. The summed E-state index contributed by atoms with van der Waals surface area (Å²) in [6.45, 7) is 4.95. The number of piperazine rings is 1. The summed E-state index contributed by atoms with van der Waals surface area (Å²) in [7, 11) is 3.28. The van der Waals surface area contributed by atoms with Crippen LogP contribution in [0.2, 0.25) is 0 Å². The molecule has 1 aliphatic heterocycles. The minimum absolute atomic E-state index is 0.0272. The minimum Gasteiger partial charge on any atom is -0.497 e. The van der Waals surface area contributed by atoms with Crippen molar-refractivity contribution in [3.63, 3.8) is 0 Å². The van der Waals surface area contributed by atoms with Crippen LogP contribution in [0.5, 0.6) is 11.5 Å². The van der Waals surface area contributed by atoms with Gasteiger partial charge in [-0.1, -0.05) is 0 Å². The molecule has 2 aromatic carbocycles. The average Bonchev–Trinajstić information content (AvgIpc) is 2.73. The number of ether oxygens (including phenoxy) is 2. The number of rotatable bonds is 7. The summed E-state index contributed by atoms with van der Waals surface area (Å²) in [5.74, 6) is 1.40. The number of methoxy groups -OCH3 is 2. The highest BCUT2D eigenvalue weighted by atomic mass is 16.6. The van der Waals surface area contributed by atoms with Crippen LogP contribution in [0.3, 0.4) is 0 Å². The van der Waals surface area contributed by atoms with Gasteiger partial charge >= 0.3 is 0 Å². The maximum atomic E-state index is 11.6. The first-order valence-corrected chi connectivity index (χ1v) is 9.40. The average molecular weight is 399 g/mol. The summed E-state index contributed by atoms with van der Waals surface area (Å²) >= 11 is 0. The van der Waals surface area contributed by atoms with Gasteiger partial charge in [0.1, 0.15) is 17.2 Å². The highest BCUT2D eigenvalue weighted by Gasteiger charge is 2.25. The Balaban J connectivity index is 1.71. The van der Waals surface area contributed by atoms with E-state index in [9.17, 15) is 14.9 Å². The van der Waals surface area contributed by atoms with Crippen LogP contribution in [0.15, 0.2) is 36.4 Å². The van der Waals surface area contributed by atoms with E-state index in [1.165, 1.54) is 13.0 Å². The number of benzene rings is 2. The fourth-order valence-electron chi connectivity index (χ4n) is 3.55. The van der Waals surface area contributed by atoms with Gasteiger partial charge in [0.25, 0.3) is 5.69 Å². The molecule has 0 unspecified atom stereocenters. The van der Waals surface area contributed by atoms with Gasteiger partial charge in [-0.25, -0.2) is 0 Å². The molecule has 8 heteroatoms. The lowest BCUT2D eigenvalue weighted by molar-refractivity contribution is -0.384. The van der Waals surface area contributed by atoms with Crippen LogP contribution in [-0.4, -0.2) is 56.0 Å². The molecule has 29 heavy (non-hydrogen) atoms. The molecule has 154 valence electrons. The Kier molecular flexibility index (Phi) is 6.33. The Bertz CT molecular complexity index is 907. The Morgan fingerprint density at radius 1 is 1.07 bits per heavy atom. The van der Waals surface area contributed by atoms with Crippen LogP contribution >= 0.6 is 0 Å².